The van der Waals surface area contributed by atoms with Gasteiger partial charge in [0.05, 0.1) is 7.11 Å². The fourth-order valence-electron chi connectivity index (χ4n) is 3.70. The first kappa shape index (κ1) is 27.4. The first-order valence-electron chi connectivity index (χ1n) is 12.4. The number of methoxy groups -OCH3 is 1. The SMILES string of the molecule is CCCCCCCNC(=O)N(C)c1cccc(-c2ccc(CC(OCCC)C(=O)OC)cc2)c1. The third-order valence-electron chi connectivity index (χ3n) is 5.79. The summed E-state index contributed by atoms with van der Waals surface area (Å²) < 4.78 is 10.5. The minimum Gasteiger partial charge on any atom is -0.467 e. The van der Waals surface area contributed by atoms with Crippen LogP contribution in [0.3, 0.4) is 0 Å². The van der Waals surface area contributed by atoms with Crippen LogP contribution in [-0.4, -0.2) is 45.4 Å². The van der Waals surface area contributed by atoms with Crippen molar-refractivity contribution in [2.24, 2.45) is 0 Å². The molecule has 2 amide bonds. The summed E-state index contributed by atoms with van der Waals surface area (Å²) in [6.45, 7) is 5.42. The second-order valence-corrected chi connectivity index (χ2v) is 8.54. The normalized spacial score (nSPS) is 11.6. The van der Waals surface area contributed by atoms with Gasteiger partial charge in [0.25, 0.3) is 0 Å². The Balaban J connectivity index is 1.99. The molecule has 0 aromatic heterocycles. The number of carbonyl (C=O) groups excluding carboxylic acids is 2. The van der Waals surface area contributed by atoms with Crippen LogP contribution in [0.4, 0.5) is 10.5 Å². The van der Waals surface area contributed by atoms with E-state index >= 15 is 0 Å². The van der Waals surface area contributed by atoms with Gasteiger partial charge in [0.1, 0.15) is 0 Å². The molecule has 34 heavy (non-hydrogen) atoms. The molecule has 1 atom stereocenters. The number of esters is 1. The van der Waals surface area contributed by atoms with Crippen LogP contribution in [0.5, 0.6) is 0 Å². The van der Waals surface area contributed by atoms with Crippen molar-refractivity contribution in [2.75, 3.05) is 32.2 Å². The second-order valence-electron chi connectivity index (χ2n) is 8.54. The number of unbranched alkanes of at least 4 members (excludes halogenated alkanes) is 4. The number of hydrogen-bond acceptors (Lipinski definition) is 4. The fraction of sp³-hybridized carbons (Fsp3) is 0.500. The van der Waals surface area contributed by atoms with E-state index in [0.29, 0.717) is 19.6 Å². The van der Waals surface area contributed by atoms with Gasteiger partial charge in [-0.3, -0.25) is 4.90 Å². The third kappa shape index (κ3) is 8.82. The maximum absolute atomic E-state index is 12.5. The van der Waals surface area contributed by atoms with Crippen molar-refractivity contribution in [3.05, 3.63) is 54.1 Å². The number of benzene rings is 2. The van der Waals surface area contributed by atoms with Gasteiger partial charge in [0, 0.05) is 32.3 Å². The summed E-state index contributed by atoms with van der Waals surface area (Å²) in [5.74, 6) is -0.354. The van der Waals surface area contributed by atoms with Crippen LogP contribution in [0, 0.1) is 0 Å². The standard InChI is InChI=1S/C28H40N2O4/c1-5-7-8-9-10-18-29-28(32)30(3)25-13-11-12-24(21-25)23-16-14-22(15-17-23)20-26(27(31)33-4)34-19-6-2/h11-17,21,26H,5-10,18-20H2,1-4H3,(H,29,32). The van der Waals surface area contributed by atoms with E-state index in [1.165, 1.54) is 26.4 Å². The molecule has 186 valence electrons. The van der Waals surface area contributed by atoms with Crippen LogP contribution in [0.25, 0.3) is 11.1 Å². The number of nitrogens with one attached hydrogen (secondary N) is 1. The van der Waals surface area contributed by atoms with Gasteiger partial charge in [0.2, 0.25) is 0 Å². The lowest BCUT2D eigenvalue weighted by Gasteiger charge is -2.19. The molecule has 2 aromatic rings. The lowest BCUT2D eigenvalue weighted by molar-refractivity contribution is -0.154. The highest BCUT2D eigenvalue weighted by atomic mass is 16.6. The number of rotatable bonds is 14. The molecule has 0 saturated carbocycles. The Bertz CT molecular complexity index is 882. The van der Waals surface area contributed by atoms with E-state index in [-0.39, 0.29) is 12.0 Å². The third-order valence-corrected chi connectivity index (χ3v) is 5.79. The van der Waals surface area contributed by atoms with E-state index in [1.807, 2.05) is 55.5 Å². The van der Waals surface area contributed by atoms with Crippen LogP contribution < -0.4 is 10.2 Å². The van der Waals surface area contributed by atoms with Crippen molar-refractivity contribution in [3.63, 3.8) is 0 Å². The molecule has 1 unspecified atom stereocenters. The monoisotopic (exact) mass is 468 g/mol. The van der Waals surface area contributed by atoms with Crippen molar-refractivity contribution in [1.82, 2.24) is 5.32 Å². The largest absolute Gasteiger partial charge is 0.467 e. The molecule has 0 fully saturated rings. The molecule has 0 aliphatic rings. The highest BCUT2D eigenvalue weighted by molar-refractivity contribution is 5.92. The van der Waals surface area contributed by atoms with Crippen LogP contribution in [0.15, 0.2) is 48.5 Å². The van der Waals surface area contributed by atoms with Gasteiger partial charge in [-0.2, -0.15) is 0 Å². The Morgan fingerprint density at radius 2 is 1.68 bits per heavy atom. The summed E-state index contributed by atoms with van der Waals surface area (Å²) in [5.41, 5.74) is 3.90. The molecule has 0 radical (unpaired) electrons. The maximum atomic E-state index is 12.5. The predicted molar refractivity (Wildman–Crippen MR) is 138 cm³/mol. The average Bonchev–Trinajstić information content (AvgIpc) is 2.87. The van der Waals surface area contributed by atoms with Crippen molar-refractivity contribution in [2.45, 2.75) is 64.9 Å². The number of urea groups is 1. The van der Waals surface area contributed by atoms with Gasteiger partial charge in [-0.15, -0.1) is 0 Å². The molecule has 1 N–H and O–H groups in total. The maximum Gasteiger partial charge on any atom is 0.335 e. The van der Waals surface area contributed by atoms with Crippen LogP contribution >= 0.6 is 0 Å². The summed E-state index contributed by atoms with van der Waals surface area (Å²) in [4.78, 5) is 26.2. The fourth-order valence-corrected chi connectivity index (χ4v) is 3.70. The zero-order valence-corrected chi connectivity index (χ0v) is 21.1. The topological polar surface area (TPSA) is 67.9 Å². The molecule has 2 rings (SSSR count). The highest BCUT2D eigenvalue weighted by Gasteiger charge is 2.20. The predicted octanol–water partition coefficient (Wildman–Crippen LogP) is 5.98. The number of nitrogens with zero attached hydrogens (tertiary/aromatic N) is 1. The van der Waals surface area contributed by atoms with Gasteiger partial charge < -0.3 is 14.8 Å². The molecule has 0 aliphatic heterocycles. The molecule has 2 aromatic carbocycles. The lowest BCUT2D eigenvalue weighted by Crippen LogP contribution is -2.37. The number of anilines is 1. The summed E-state index contributed by atoms with van der Waals surface area (Å²) >= 11 is 0. The van der Waals surface area contributed by atoms with Gasteiger partial charge in [-0.1, -0.05) is 75.9 Å². The molecule has 0 aliphatic carbocycles. The van der Waals surface area contributed by atoms with Crippen molar-refractivity contribution in [3.8, 4) is 11.1 Å². The summed E-state index contributed by atoms with van der Waals surface area (Å²) in [6.07, 6.45) is 6.55. The quantitative estimate of drug-likeness (QED) is 0.274. The van der Waals surface area contributed by atoms with Crippen LogP contribution in [-0.2, 0) is 20.7 Å². The van der Waals surface area contributed by atoms with Crippen LogP contribution in [0.2, 0.25) is 0 Å². The van der Waals surface area contributed by atoms with E-state index in [9.17, 15) is 9.59 Å². The van der Waals surface area contributed by atoms with E-state index in [2.05, 4.69) is 12.2 Å². The smallest absolute Gasteiger partial charge is 0.335 e. The van der Waals surface area contributed by atoms with Crippen molar-refractivity contribution >= 4 is 17.7 Å². The first-order valence-corrected chi connectivity index (χ1v) is 12.4. The molecular weight excluding hydrogens is 428 g/mol. The molecule has 0 spiro atoms. The molecule has 0 saturated heterocycles. The molecular formula is C28H40N2O4. The Morgan fingerprint density at radius 3 is 2.35 bits per heavy atom. The van der Waals surface area contributed by atoms with Gasteiger partial charge in [0.15, 0.2) is 6.10 Å². The lowest BCUT2D eigenvalue weighted by atomic mass is 10.0. The minimum absolute atomic E-state index is 0.0936. The highest BCUT2D eigenvalue weighted by Crippen LogP contribution is 2.25. The molecule has 0 bridgehead atoms. The Labute approximate surface area is 204 Å². The van der Waals surface area contributed by atoms with E-state index < -0.39 is 6.10 Å². The van der Waals surface area contributed by atoms with Crippen molar-refractivity contribution < 1.29 is 19.1 Å². The Morgan fingerprint density at radius 1 is 0.941 bits per heavy atom. The second kappa shape index (κ2) is 15.1. The number of ether oxygens (including phenoxy) is 2. The number of hydrogen-bond donors (Lipinski definition) is 1. The number of carbonyl (C=O) groups is 2. The Hall–Kier alpha value is -2.86. The molecule has 0 heterocycles. The van der Waals surface area contributed by atoms with E-state index in [4.69, 9.17) is 9.47 Å². The van der Waals surface area contributed by atoms with Crippen LogP contribution in [0.1, 0.15) is 57.9 Å². The van der Waals surface area contributed by atoms with Gasteiger partial charge in [-0.05, 0) is 41.7 Å². The first-order chi connectivity index (χ1) is 16.5. The van der Waals surface area contributed by atoms with Gasteiger partial charge >= 0.3 is 12.0 Å². The number of amides is 2. The molecule has 6 nitrogen and oxygen atoms in total. The summed E-state index contributed by atoms with van der Waals surface area (Å²) in [5, 5.41) is 3.01. The minimum atomic E-state index is -0.599. The Kier molecular flexibility index (Phi) is 12.2. The summed E-state index contributed by atoms with van der Waals surface area (Å²) in [6, 6.07) is 15.9. The van der Waals surface area contributed by atoms with Gasteiger partial charge in [-0.25, -0.2) is 9.59 Å². The molecule has 6 heteroatoms. The summed E-state index contributed by atoms with van der Waals surface area (Å²) in [7, 11) is 3.17. The van der Waals surface area contributed by atoms with Crippen molar-refractivity contribution in [1.29, 1.82) is 0 Å². The average molecular weight is 469 g/mol. The zero-order valence-electron chi connectivity index (χ0n) is 21.1. The van der Waals surface area contributed by atoms with E-state index in [1.54, 1.807) is 11.9 Å². The zero-order chi connectivity index (χ0) is 24.8. The van der Waals surface area contributed by atoms with E-state index in [0.717, 1.165) is 41.6 Å².